The van der Waals surface area contributed by atoms with Crippen LogP contribution < -0.4 is 14.8 Å². The minimum atomic E-state index is 0.333. The first-order chi connectivity index (χ1) is 13.3. The number of ether oxygens (including phenoxy) is 2. The zero-order valence-electron chi connectivity index (χ0n) is 17.2. The SMILES string of the molecule is CCCCCCCOc1c(CNC(CC)c2ccccc2)cccc1OC. The molecule has 1 N–H and O–H groups in total. The lowest BCUT2D eigenvalue weighted by molar-refractivity contribution is 0.280. The monoisotopic (exact) mass is 369 g/mol. The second-order valence-electron chi connectivity index (χ2n) is 6.96. The number of para-hydroxylation sites is 1. The van der Waals surface area contributed by atoms with E-state index in [4.69, 9.17) is 9.47 Å². The highest BCUT2D eigenvalue weighted by Crippen LogP contribution is 2.32. The van der Waals surface area contributed by atoms with E-state index in [1.807, 2.05) is 12.1 Å². The van der Waals surface area contributed by atoms with E-state index in [0.717, 1.165) is 43.1 Å². The van der Waals surface area contributed by atoms with Gasteiger partial charge >= 0.3 is 0 Å². The zero-order chi connectivity index (χ0) is 19.3. The van der Waals surface area contributed by atoms with Crippen LogP contribution in [0.2, 0.25) is 0 Å². The molecule has 2 aromatic rings. The lowest BCUT2D eigenvalue weighted by atomic mass is 10.0. The zero-order valence-corrected chi connectivity index (χ0v) is 17.2. The van der Waals surface area contributed by atoms with Gasteiger partial charge in [-0.15, -0.1) is 0 Å². The van der Waals surface area contributed by atoms with E-state index in [1.165, 1.54) is 31.2 Å². The maximum Gasteiger partial charge on any atom is 0.165 e. The maximum absolute atomic E-state index is 6.15. The molecule has 3 heteroatoms. The highest BCUT2D eigenvalue weighted by molar-refractivity contribution is 5.46. The highest BCUT2D eigenvalue weighted by atomic mass is 16.5. The van der Waals surface area contributed by atoms with E-state index in [9.17, 15) is 0 Å². The van der Waals surface area contributed by atoms with Crippen molar-refractivity contribution in [2.75, 3.05) is 13.7 Å². The van der Waals surface area contributed by atoms with Crippen LogP contribution in [0.4, 0.5) is 0 Å². The molecular weight excluding hydrogens is 334 g/mol. The second-order valence-corrected chi connectivity index (χ2v) is 6.96. The molecule has 3 nitrogen and oxygen atoms in total. The normalized spacial score (nSPS) is 12.0. The molecule has 0 aromatic heterocycles. The van der Waals surface area contributed by atoms with Crippen molar-refractivity contribution in [1.29, 1.82) is 0 Å². The third kappa shape index (κ3) is 6.91. The van der Waals surface area contributed by atoms with Crippen LogP contribution in [0.15, 0.2) is 48.5 Å². The van der Waals surface area contributed by atoms with Gasteiger partial charge < -0.3 is 14.8 Å². The third-order valence-electron chi connectivity index (χ3n) is 4.92. The van der Waals surface area contributed by atoms with Gasteiger partial charge in [0.2, 0.25) is 0 Å². The Morgan fingerprint density at radius 3 is 2.37 bits per heavy atom. The fourth-order valence-corrected chi connectivity index (χ4v) is 3.32. The Kier molecular flexibility index (Phi) is 9.78. The molecule has 2 aromatic carbocycles. The van der Waals surface area contributed by atoms with Gasteiger partial charge in [0.15, 0.2) is 11.5 Å². The lowest BCUT2D eigenvalue weighted by Gasteiger charge is -2.20. The molecular formula is C24H35NO2. The van der Waals surface area contributed by atoms with Gasteiger partial charge in [0, 0.05) is 18.2 Å². The fraction of sp³-hybridized carbons (Fsp3) is 0.500. The van der Waals surface area contributed by atoms with Crippen molar-refractivity contribution in [3.63, 3.8) is 0 Å². The quantitative estimate of drug-likeness (QED) is 0.421. The van der Waals surface area contributed by atoms with E-state index in [-0.39, 0.29) is 0 Å². The molecule has 0 saturated heterocycles. The summed E-state index contributed by atoms with van der Waals surface area (Å²) in [6.45, 7) is 5.95. The van der Waals surface area contributed by atoms with Gasteiger partial charge in [-0.05, 0) is 24.5 Å². The average Bonchev–Trinajstić information content (AvgIpc) is 2.72. The maximum atomic E-state index is 6.15. The van der Waals surface area contributed by atoms with Crippen LogP contribution in [0.1, 0.15) is 69.5 Å². The van der Waals surface area contributed by atoms with Gasteiger partial charge in [-0.25, -0.2) is 0 Å². The standard InChI is InChI=1S/C24H35NO2/c1-4-6-7-8-12-18-27-24-21(16-13-17-23(24)26-3)19-25-22(5-2)20-14-10-9-11-15-20/h9-11,13-17,22,25H,4-8,12,18-19H2,1-3H3. The van der Waals surface area contributed by atoms with Crippen LogP contribution in [0, 0.1) is 0 Å². The van der Waals surface area contributed by atoms with Crippen molar-refractivity contribution in [3.8, 4) is 11.5 Å². The molecule has 0 heterocycles. The number of unbranched alkanes of at least 4 members (excludes halogenated alkanes) is 4. The molecule has 1 unspecified atom stereocenters. The van der Waals surface area contributed by atoms with Crippen molar-refractivity contribution in [2.24, 2.45) is 0 Å². The Hall–Kier alpha value is -2.00. The minimum absolute atomic E-state index is 0.333. The number of methoxy groups -OCH3 is 1. The number of rotatable bonds is 13. The summed E-state index contributed by atoms with van der Waals surface area (Å²) in [6.07, 6.45) is 7.22. The van der Waals surface area contributed by atoms with Crippen molar-refractivity contribution in [1.82, 2.24) is 5.32 Å². The summed E-state index contributed by atoms with van der Waals surface area (Å²) >= 11 is 0. The molecule has 148 valence electrons. The molecule has 0 bridgehead atoms. The first kappa shape index (κ1) is 21.3. The Bertz CT molecular complexity index is 642. The van der Waals surface area contributed by atoms with Crippen molar-refractivity contribution in [2.45, 2.75) is 65.0 Å². The molecule has 0 aliphatic carbocycles. The summed E-state index contributed by atoms with van der Waals surface area (Å²) < 4.78 is 11.7. The molecule has 0 amide bonds. The van der Waals surface area contributed by atoms with Crippen LogP contribution in [-0.4, -0.2) is 13.7 Å². The molecule has 1 atom stereocenters. The Morgan fingerprint density at radius 1 is 0.889 bits per heavy atom. The molecule has 0 saturated carbocycles. The summed E-state index contributed by atoms with van der Waals surface area (Å²) in [5, 5.41) is 3.68. The number of benzene rings is 2. The van der Waals surface area contributed by atoms with E-state index in [2.05, 4.69) is 55.6 Å². The van der Waals surface area contributed by atoms with Crippen molar-refractivity contribution in [3.05, 3.63) is 59.7 Å². The Labute approximate surface area is 165 Å². The van der Waals surface area contributed by atoms with Gasteiger partial charge in [0.25, 0.3) is 0 Å². The minimum Gasteiger partial charge on any atom is -0.493 e. The molecule has 27 heavy (non-hydrogen) atoms. The predicted octanol–water partition coefficient (Wildman–Crippen LogP) is 6.29. The summed E-state index contributed by atoms with van der Waals surface area (Å²) in [7, 11) is 1.71. The Morgan fingerprint density at radius 2 is 1.67 bits per heavy atom. The van der Waals surface area contributed by atoms with Gasteiger partial charge in [-0.1, -0.05) is 82.0 Å². The first-order valence-electron chi connectivity index (χ1n) is 10.4. The van der Waals surface area contributed by atoms with Gasteiger partial charge in [-0.2, -0.15) is 0 Å². The topological polar surface area (TPSA) is 30.5 Å². The summed E-state index contributed by atoms with van der Waals surface area (Å²) in [6, 6.07) is 17.1. The Balaban J connectivity index is 1.98. The lowest BCUT2D eigenvalue weighted by Crippen LogP contribution is -2.20. The number of hydrogen-bond acceptors (Lipinski definition) is 3. The van der Waals surface area contributed by atoms with E-state index < -0.39 is 0 Å². The molecule has 0 aliphatic heterocycles. The molecule has 0 aliphatic rings. The van der Waals surface area contributed by atoms with E-state index in [1.54, 1.807) is 7.11 Å². The summed E-state index contributed by atoms with van der Waals surface area (Å²) in [5.74, 6) is 1.70. The third-order valence-corrected chi connectivity index (χ3v) is 4.92. The predicted molar refractivity (Wildman–Crippen MR) is 114 cm³/mol. The smallest absolute Gasteiger partial charge is 0.165 e. The molecule has 0 radical (unpaired) electrons. The first-order valence-corrected chi connectivity index (χ1v) is 10.4. The van der Waals surface area contributed by atoms with Crippen LogP contribution >= 0.6 is 0 Å². The molecule has 2 rings (SSSR count). The molecule has 0 fully saturated rings. The summed E-state index contributed by atoms with van der Waals surface area (Å²) in [5.41, 5.74) is 2.47. The van der Waals surface area contributed by atoms with Crippen LogP contribution in [0.3, 0.4) is 0 Å². The molecule has 0 spiro atoms. The van der Waals surface area contributed by atoms with Gasteiger partial charge in [0.1, 0.15) is 0 Å². The van der Waals surface area contributed by atoms with Crippen LogP contribution in [0.25, 0.3) is 0 Å². The largest absolute Gasteiger partial charge is 0.493 e. The number of hydrogen-bond donors (Lipinski definition) is 1. The van der Waals surface area contributed by atoms with Crippen LogP contribution in [-0.2, 0) is 6.54 Å². The van der Waals surface area contributed by atoms with Crippen LogP contribution in [0.5, 0.6) is 11.5 Å². The number of nitrogens with one attached hydrogen (secondary N) is 1. The van der Waals surface area contributed by atoms with E-state index >= 15 is 0 Å². The highest BCUT2D eigenvalue weighted by Gasteiger charge is 2.13. The van der Waals surface area contributed by atoms with Crippen molar-refractivity contribution >= 4 is 0 Å². The average molecular weight is 370 g/mol. The van der Waals surface area contributed by atoms with Gasteiger partial charge in [-0.3, -0.25) is 0 Å². The van der Waals surface area contributed by atoms with Gasteiger partial charge in [0.05, 0.1) is 13.7 Å². The van der Waals surface area contributed by atoms with Crippen molar-refractivity contribution < 1.29 is 9.47 Å². The van der Waals surface area contributed by atoms with E-state index in [0.29, 0.717) is 6.04 Å². The summed E-state index contributed by atoms with van der Waals surface area (Å²) in [4.78, 5) is 0. The fourth-order valence-electron chi connectivity index (χ4n) is 3.32. The second kappa shape index (κ2) is 12.4.